The summed E-state index contributed by atoms with van der Waals surface area (Å²) in [6.45, 7) is 6.69. The molecule has 2 aromatic heterocycles. The molecule has 218 valence electrons. The Morgan fingerprint density at radius 1 is 0.727 bits per heavy atom. The van der Waals surface area contributed by atoms with Gasteiger partial charge in [-0.25, -0.2) is 5.43 Å². The first-order valence-corrected chi connectivity index (χ1v) is 14.7. The van der Waals surface area contributed by atoms with Gasteiger partial charge in [0.1, 0.15) is 5.75 Å². The second-order valence-corrected chi connectivity index (χ2v) is 10.5. The van der Waals surface area contributed by atoms with Gasteiger partial charge < -0.3 is 13.9 Å². The first-order chi connectivity index (χ1) is 21.5. The summed E-state index contributed by atoms with van der Waals surface area (Å²) in [7, 11) is 0. The third-order valence-corrected chi connectivity index (χ3v) is 7.56. The first kappa shape index (κ1) is 28.5. The van der Waals surface area contributed by atoms with Gasteiger partial charge in [-0.05, 0) is 92.6 Å². The van der Waals surface area contributed by atoms with Crippen LogP contribution in [0.4, 0.5) is 0 Å². The Bertz CT molecular complexity index is 1900. The fraction of sp³-hybridized carbons (Fsp3) is 0.105. The number of amides is 1. The molecule has 0 aliphatic rings. The minimum Gasteiger partial charge on any atom is -0.494 e. The van der Waals surface area contributed by atoms with E-state index in [1.165, 1.54) is 0 Å². The molecule has 0 saturated carbocycles. The van der Waals surface area contributed by atoms with E-state index in [4.69, 9.17) is 4.74 Å². The van der Waals surface area contributed by atoms with Crippen LogP contribution in [0.15, 0.2) is 132 Å². The second-order valence-electron chi connectivity index (χ2n) is 10.5. The Balaban J connectivity index is 1.39. The molecule has 0 radical (unpaired) electrons. The van der Waals surface area contributed by atoms with E-state index in [0.29, 0.717) is 12.2 Å². The molecule has 0 saturated heterocycles. The number of benzene rings is 4. The highest BCUT2D eigenvalue weighted by atomic mass is 16.5. The average Bonchev–Trinajstić information content (AvgIpc) is 3.61. The van der Waals surface area contributed by atoms with Crippen molar-refractivity contribution < 1.29 is 9.53 Å². The number of rotatable bonds is 9. The molecule has 1 amide bonds. The Labute approximate surface area is 257 Å². The lowest BCUT2D eigenvalue weighted by atomic mass is 10.1. The van der Waals surface area contributed by atoms with Crippen LogP contribution in [0, 0.1) is 13.8 Å². The van der Waals surface area contributed by atoms with E-state index in [2.05, 4.69) is 88.1 Å². The van der Waals surface area contributed by atoms with E-state index >= 15 is 0 Å². The summed E-state index contributed by atoms with van der Waals surface area (Å²) in [5, 5.41) is 4.45. The zero-order valence-corrected chi connectivity index (χ0v) is 25.1. The number of nitrogens with one attached hydrogen (secondary N) is 1. The van der Waals surface area contributed by atoms with Crippen molar-refractivity contribution in [3.05, 3.63) is 150 Å². The van der Waals surface area contributed by atoms with Gasteiger partial charge in [0.05, 0.1) is 24.2 Å². The highest BCUT2D eigenvalue weighted by Crippen LogP contribution is 2.36. The Kier molecular flexibility index (Phi) is 8.23. The minimum atomic E-state index is -0.277. The third kappa shape index (κ3) is 5.83. The van der Waals surface area contributed by atoms with Crippen LogP contribution >= 0.6 is 0 Å². The Morgan fingerprint density at radius 2 is 1.39 bits per heavy atom. The van der Waals surface area contributed by atoms with Gasteiger partial charge in [-0.2, -0.15) is 5.10 Å². The van der Waals surface area contributed by atoms with E-state index in [1.54, 1.807) is 12.3 Å². The van der Waals surface area contributed by atoms with Crippen LogP contribution < -0.4 is 10.2 Å². The highest BCUT2D eigenvalue weighted by Gasteiger charge is 2.19. The molecule has 0 aliphatic carbocycles. The molecule has 6 rings (SSSR count). The van der Waals surface area contributed by atoms with Gasteiger partial charge in [0.15, 0.2) is 0 Å². The Hall–Kier alpha value is -5.62. The summed E-state index contributed by atoms with van der Waals surface area (Å²) in [6.07, 6.45) is 1.72. The number of carbonyl (C=O) groups is 1. The van der Waals surface area contributed by atoms with Crippen molar-refractivity contribution in [1.82, 2.24) is 14.6 Å². The fourth-order valence-corrected chi connectivity index (χ4v) is 5.55. The first-order valence-electron chi connectivity index (χ1n) is 14.7. The summed E-state index contributed by atoms with van der Waals surface area (Å²) in [5.74, 6) is 0.544. The molecule has 6 aromatic rings. The maximum atomic E-state index is 13.2. The predicted octanol–water partition coefficient (Wildman–Crippen LogP) is 8.38. The van der Waals surface area contributed by atoms with Gasteiger partial charge in [-0.15, -0.1) is 0 Å². The van der Waals surface area contributed by atoms with E-state index in [0.717, 1.165) is 56.6 Å². The van der Waals surface area contributed by atoms with Crippen molar-refractivity contribution in [1.29, 1.82) is 0 Å². The summed E-state index contributed by atoms with van der Waals surface area (Å²) in [5.41, 5.74) is 12.4. The SMILES string of the molecule is CCOc1ccc(-n2c(-c3ccccc3)cc(/C=N\NC(=O)c3cccc(-n4c(C)ccc4C)c3)c2-c2ccccc2)cc1. The van der Waals surface area contributed by atoms with Crippen LogP contribution in [0.3, 0.4) is 0 Å². The van der Waals surface area contributed by atoms with Gasteiger partial charge in [0.2, 0.25) is 0 Å². The quantitative estimate of drug-likeness (QED) is 0.138. The maximum absolute atomic E-state index is 13.2. The summed E-state index contributed by atoms with van der Waals surface area (Å²) >= 11 is 0. The lowest BCUT2D eigenvalue weighted by Crippen LogP contribution is -2.18. The smallest absolute Gasteiger partial charge is 0.271 e. The molecule has 6 heteroatoms. The van der Waals surface area contributed by atoms with Crippen LogP contribution in [-0.2, 0) is 0 Å². The molecule has 44 heavy (non-hydrogen) atoms. The molecule has 1 N–H and O–H groups in total. The number of hydrogen-bond donors (Lipinski definition) is 1. The number of hydrazone groups is 1. The van der Waals surface area contributed by atoms with Gasteiger partial charge in [0, 0.05) is 33.9 Å². The molecule has 0 bridgehead atoms. The molecule has 2 heterocycles. The third-order valence-electron chi connectivity index (χ3n) is 7.56. The summed E-state index contributed by atoms with van der Waals surface area (Å²) in [6, 6.07) is 42.4. The molecule has 4 aromatic carbocycles. The van der Waals surface area contributed by atoms with Crippen molar-refractivity contribution in [3.63, 3.8) is 0 Å². The number of ether oxygens (including phenoxy) is 1. The zero-order valence-electron chi connectivity index (χ0n) is 25.1. The van der Waals surface area contributed by atoms with E-state index < -0.39 is 0 Å². The van der Waals surface area contributed by atoms with Crippen molar-refractivity contribution in [2.24, 2.45) is 5.10 Å². The van der Waals surface area contributed by atoms with Gasteiger partial charge in [-0.1, -0.05) is 66.7 Å². The largest absolute Gasteiger partial charge is 0.494 e. The van der Waals surface area contributed by atoms with Crippen molar-refractivity contribution >= 4 is 12.1 Å². The fourth-order valence-electron chi connectivity index (χ4n) is 5.55. The number of hydrogen-bond acceptors (Lipinski definition) is 3. The molecular formula is C38H34N4O2. The summed E-state index contributed by atoms with van der Waals surface area (Å²) < 4.78 is 10.1. The van der Waals surface area contributed by atoms with Gasteiger partial charge in [-0.3, -0.25) is 4.79 Å². The molecule has 0 aliphatic heterocycles. The highest BCUT2D eigenvalue weighted by molar-refractivity contribution is 5.97. The van der Waals surface area contributed by atoms with Crippen molar-refractivity contribution in [3.8, 4) is 39.6 Å². The number of carbonyl (C=O) groups excluding carboxylic acids is 1. The monoisotopic (exact) mass is 578 g/mol. The van der Waals surface area contributed by atoms with Crippen molar-refractivity contribution in [2.75, 3.05) is 6.61 Å². The lowest BCUT2D eigenvalue weighted by molar-refractivity contribution is 0.0955. The van der Waals surface area contributed by atoms with Crippen LogP contribution in [0.25, 0.3) is 33.9 Å². The van der Waals surface area contributed by atoms with E-state index in [9.17, 15) is 4.79 Å². The minimum absolute atomic E-state index is 0.277. The number of nitrogens with zero attached hydrogens (tertiary/aromatic N) is 3. The maximum Gasteiger partial charge on any atom is 0.271 e. The topological polar surface area (TPSA) is 60.5 Å². The molecule has 0 fully saturated rings. The standard InChI is InChI=1S/C38H34N4O2/c1-4-44-35-22-20-33(21-23-35)42-36(29-12-7-5-8-13-29)25-32(37(42)30-14-9-6-10-15-30)26-39-40-38(43)31-16-11-17-34(24-31)41-27(2)18-19-28(41)3/h5-26H,4H2,1-3H3,(H,40,43)/b39-26-. The van der Waals surface area contributed by atoms with Crippen LogP contribution in [0.1, 0.15) is 34.2 Å². The molecule has 0 unspecified atom stereocenters. The molecule has 0 atom stereocenters. The normalized spacial score (nSPS) is 11.2. The van der Waals surface area contributed by atoms with E-state index in [1.807, 2.05) is 73.7 Å². The second kappa shape index (κ2) is 12.7. The summed E-state index contributed by atoms with van der Waals surface area (Å²) in [4.78, 5) is 13.2. The molecule has 6 nitrogen and oxygen atoms in total. The number of aromatic nitrogens is 2. The van der Waals surface area contributed by atoms with Crippen LogP contribution in [0.5, 0.6) is 5.75 Å². The zero-order chi connectivity index (χ0) is 30.5. The average molecular weight is 579 g/mol. The predicted molar refractivity (Wildman–Crippen MR) is 178 cm³/mol. The molecule has 0 spiro atoms. The molecular weight excluding hydrogens is 544 g/mol. The van der Waals surface area contributed by atoms with Crippen LogP contribution in [0.2, 0.25) is 0 Å². The number of aryl methyl sites for hydroxylation is 2. The van der Waals surface area contributed by atoms with Crippen LogP contribution in [-0.4, -0.2) is 27.9 Å². The van der Waals surface area contributed by atoms with E-state index in [-0.39, 0.29) is 5.91 Å². The van der Waals surface area contributed by atoms with Gasteiger partial charge >= 0.3 is 0 Å². The van der Waals surface area contributed by atoms with Crippen molar-refractivity contribution in [2.45, 2.75) is 20.8 Å². The van der Waals surface area contributed by atoms with Gasteiger partial charge in [0.25, 0.3) is 5.91 Å². The Morgan fingerprint density at radius 3 is 2.05 bits per heavy atom. The lowest BCUT2D eigenvalue weighted by Gasteiger charge is -2.15.